The van der Waals surface area contributed by atoms with E-state index < -0.39 is 17.2 Å². The highest BCUT2D eigenvalue weighted by molar-refractivity contribution is 5.76. The largest absolute Gasteiger partial charge is 0.507 e. The molecule has 1 saturated carbocycles. The molecular formula is C34H36N2O4. The lowest BCUT2D eigenvalue weighted by molar-refractivity contribution is 0.222. The molecule has 1 aromatic heterocycles. The van der Waals surface area contributed by atoms with Crippen LogP contribution in [-0.2, 0) is 18.5 Å². The van der Waals surface area contributed by atoms with Gasteiger partial charge >= 0.3 is 11.7 Å². The predicted molar refractivity (Wildman–Crippen MR) is 156 cm³/mol. The number of hydrogen-bond acceptors (Lipinski definition) is 4. The molecule has 40 heavy (non-hydrogen) atoms. The number of urea groups is 1. The van der Waals surface area contributed by atoms with Gasteiger partial charge in [-0.3, -0.25) is 0 Å². The third-order valence-electron chi connectivity index (χ3n) is 7.93. The number of carbonyl (C=O) groups excluding carboxylic acids is 1. The van der Waals surface area contributed by atoms with Crippen LogP contribution in [-0.4, -0.2) is 11.1 Å². The first kappa shape index (κ1) is 27.3. The van der Waals surface area contributed by atoms with Crippen LogP contribution in [0, 0.1) is 12.8 Å². The molecule has 0 saturated heterocycles. The van der Waals surface area contributed by atoms with Crippen LogP contribution in [0.4, 0.5) is 4.79 Å². The van der Waals surface area contributed by atoms with Crippen molar-refractivity contribution in [3.05, 3.63) is 135 Å². The van der Waals surface area contributed by atoms with Gasteiger partial charge in [-0.25, -0.2) is 9.59 Å². The highest BCUT2D eigenvalue weighted by Crippen LogP contribution is 2.51. The summed E-state index contributed by atoms with van der Waals surface area (Å²) in [6.45, 7) is 4.33. The van der Waals surface area contributed by atoms with Crippen molar-refractivity contribution in [3.63, 3.8) is 0 Å². The highest BCUT2D eigenvalue weighted by atomic mass is 16.4. The Morgan fingerprint density at radius 1 is 0.975 bits per heavy atom. The lowest BCUT2D eigenvalue weighted by Crippen LogP contribution is -2.54. The van der Waals surface area contributed by atoms with Crippen LogP contribution in [0.2, 0.25) is 0 Å². The first-order valence-corrected chi connectivity index (χ1v) is 14.0. The predicted octanol–water partition coefficient (Wildman–Crippen LogP) is 6.54. The maximum atomic E-state index is 13.9. The van der Waals surface area contributed by atoms with E-state index in [1.54, 1.807) is 6.07 Å². The molecule has 1 aliphatic carbocycles. The Morgan fingerprint density at radius 2 is 1.60 bits per heavy atom. The fourth-order valence-corrected chi connectivity index (χ4v) is 5.73. The van der Waals surface area contributed by atoms with Crippen LogP contribution in [0.3, 0.4) is 0 Å². The smallest absolute Gasteiger partial charge is 0.345 e. The summed E-state index contributed by atoms with van der Waals surface area (Å²) in [6.07, 6.45) is 3.03. The molecule has 0 spiro atoms. The molecular weight excluding hydrogens is 500 g/mol. The zero-order valence-electron chi connectivity index (χ0n) is 23.0. The molecule has 2 unspecified atom stereocenters. The fraction of sp³-hybridized carbons (Fsp3) is 0.294. The van der Waals surface area contributed by atoms with E-state index in [0.717, 1.165) is 41.5 Å². The van der Waals surface area contributed by atoms with E-state index in [9.17, 15) is 14.7 Å². The van der Waals surface area contributed by atoms with Crippen molar-refractivity contribution < 1.29 is 14.3 Å². The quantitative estimate of drug-likeness (QED) is 0.215. The molecule has 4 aromatic rings. The fourth-order valence-electron chi connectivity index (χ4n) is 5.73. The van der Waals surface area contributed by atoms with Gasteiger partial charge in [0.05, 0.1) is 0 Å². The number of rotatable bonds is 10. The average molecular weight is 537 g/mol. The minimum Gasteiger partial charge on any atom is -0.507 e. The van der Waals surface area contributed by atoms with Gasteiger partial charge < -0.3 is 20.2 Å². The number of benzene rings is 3. The lowest BCUT2D eigenvalue weighted by atomic mass is 9.76. The number of nitrogens with one attached hydrogen (secondary N) is 2. The maximum absolute atomic E-state index is 13.9. The van der Waals surface area contributed by atoms with Crippen molar-refractivity contribution in [3.8, 4) is 5.75 Å². The summed E-state index contributed by atoms with van der Waals surface area (Å²) in [5.74, 6) is 0.143. The van der Waals surface area contributed by atoms with Crippen molar-refractivity contribution in [2.75, 3.05) is 0 Å². The Hall–Kier alpha value is -4.32. The number of carbonyl (C=O) groups is 1. The number of aromatic hydroxyl groups is 1. The molecule has 1 aliphatic rings. The number of aryl methyl sites for hydroxylation is 1. The molecule has 0 bridgehead atoms. The standard InChI is InChI=1S/C34H36N2O4/c1-3-26(20-24-13-6-4-7-14-24)30-21-29(37)31(32(38)40-30)34(27-18-19-27,28-17-11-10-12-23(28)2)36-33(39)35-22-25-15-8-5-9-16-25/h4-17,21,26-27,37H,3,18-20,22H2,1-2H3,(H2,35,36,39). The van der Waals surface area contributed by atoms with Crippen molar-refractivity contribution in [1.82, 2.24) is 10.6 Å². The van der Waals surface area contributed by atoms with Gasteiger partial charge in [-0.2, -0.15) is 0 Å². The molecule has 6 heteroatoms. The number of hydrogen-bond donors (Lipinski definition) is 3. The van der Waals surface area contributed by atoms with Gasteiger partial charge in [0.2, 0.25) is 0 Å². The molecule has 3 N–H and O–H groups in total. The monoisotopic (exact) mass is 536 g/mol. The summed E-state index contributed by atoms with van der Waals surface area (Å²) in [7, 11) is 0. The molecule has 0 aliphatic heterocycles. The Bertz CT molecular complexity index is 1510. The molecule has 2 atom stereocenters. The summed E-state index contributed by atoms with van der Waals surface area (Å²) in [5, 5.41) is 17.6. The zero-order chi connectivity index (χ0) is 28.1. The van der Waals surface area contributed by atoms with Gasteiger partial charge in [-0.15, -0.1) is 0 Å². The molecule has 1 fully saturated rings. The van der Waals surface area contributed by atoms with Crippen molar-refractivity contribution >= 4 is 6.03 Å². The van der Waals surface area contributed by atoms with Crippen LogP contribution < -0.4 is 16.3 Å². The van der Waals surface area contributed by atoms with E-state index in [2.05, 4.69) is 10.6 Å². The van der Waals surface area contributed by atoms with Gasteiger partial charge in [-0.05, 0) is 60.8 Å². The molecule has 0 radical (unpaired) electrons. The summed E-state index contributed by atoms with van der Waals surface area (Å²) in [4.78, 5) is 27.3. The number of amides is 2. The second-order valence-corrected chi connectivity index (χ2v) is 10.7. The van der Waals surface area contributed by atoms with Crippen molar-refractivity contribution in [1.29, 1.82) is 0 Å². The summed E-state index contributed by atoms with van der Waals surface area (Å²) >= 11 is 0. The van der Waals surface area contributed by atoms with Crippen LogP contribution in [0.25, 0.3) is 0 Å². The van der Waals surface area contributed by atoms with Gasteiger partial charge in [0.1, 0.15) is 22.6 Å². The van der Waals surface area contributed by atoms with Crippen molar-refractivity contribution in [2.45, 2.75) is 57.5 Å². The zero-order valence-corrected chi connectivity index (χ0v) is 23.0. The van der Waals surface area contributed by atoms with Crippen LogP contribution in [0.5, 0.6) is 5.75 Å². The van der Waals surface area contributed by atoms with Crippen LogP contribution in [0.15, 0.2) is 100 Å². The van der Waals surface area contributed by atoms with E-state index in [0.29, 0.717) is 18.7 Å². The second-order valence-electron chi connectivity index (χ2n) is 10.7. The van der Waals surface area contributed by atoms with E-state index >= 15 is 0 Å². The van der Waals surface area contributed by atoms with E-state index in [1.165, 1.54) is 0 Å². The van der Waals surface area contributed by atoms with Crippen molar-refractivity contribution in [2.24, 2.45) is 5.92 Å². The van der Waals surface area contributed by atoms with Gasteiger partial charge in [-0.1, -0.05) is 91.9 Å². The van der Waals surface area contributed by atoms with Gasteiger partial charge in [0.15, 0.2) is 0 Å². The molecule has 2 amide bonds. The van der Waals surface area contributed by atoms with Crippen LogP contribution >= 0.6 is 0 Å². The third kappa shape index (κ3) is 5.67. The maximum Gasteiger partial charge on any atom is 0.345 e. The molecule has 5 rings (SSSR count). The Labute approximate surface area is 235 Å². The minimum absolute atomic E-state index is 0.0676. The Balaban J connectivity index is 1.55. The Kier molecular flexibility index (Phi) is 8.06. The highest BCUT2D eigenvalue weighted by Gasteiger charge is 2.53. The van der Waals surface area contributed by atoms with E-state index in [-0.39, 0.29) is 23.1 Å². The van der Waals surface area contributed by atoms with E-state index in [1.807, 2.05) is 98.8 Å². The topological polar surface area (TPSA) is 91.6 Å². The molecule has 3 aromatic carbocycles. The molecule has 6 nitrogen and oxygen atoms in total. The Morgan fingerprint density at radius 3 is 2.20 bits per heavy atom. The normalized spacial score (nSPS) is 15.2. The summed E-state index contributed by atoms with van der Waals surface area (Å²) in [5.41, 5.74) is 2.00. The van der Waals surface area contributed by atoms with E-state index in [4.69, 9.17) is 4.42 Å². The summed E-state index contributed by atoms with van der Waals surface area (Å²) in [6, 6.07) is 28.5. The first-order valence-electron chi connectivity index (χ1n) is 14.0. The van der Waals surface area contributed by atoms with Crippen LogP contribution in [0.1, 0.15) is 65.7 Å². The summed E-state index contributed by atoms with van der Waals surface area (Å²) < 4.78 is 5.98. The molecule has 206 valence electrons. The first-order chi connectivity index (χ1) is 19.4. The SMILES string of the molecule is CCC(Cc1ccccc1)c1cc(O)c(C(NC(=O)NCc2ccccc2)(c2ccccc2C)C2CC2)c(=O)o1. The average Bonchev–Trinajstić information content (AvgIpc) is 3.81. The van der Waals surface area contributed by atoms with Gasteiger partial charge in [0, 0.05) is 18.5 Å². The lowest BCUT2D eigenvalue weighted by Gasteiger charge is -2.37. The van der Waals surface area contributed by atoms with Gasteiger partial charge in [0.25, 0.3) is 0 Å². The third-order valence-corrected chi connectivity index (χ3v) is 7.93. The minimum atomic E-state index is -1.24. The second kappa shape index (κ2) is 11.8. The molecule has 1 heterocycles.